The highest BCUT2D eigenvalue weighted by Crippen LogP contribution is 2.29. The van der Waals surface area contributed by atoms with Crippen LogP contribution >= 0.6 is 24.2 Å². The quantitative estimate of drug-likeness (QED) is 0.472. The summed E-state index contributed by atoms with van der Waals surface area (Å²) in [6.45, 7) is 0.639. The van der Waals surface area contributed by atoms with E-state index >= 15 is 0 Å². The molecular formula is C15H22ClF3N2OS. The summed E-state index contributed by atoms with van der Waals surface area (Å²) < 4.78 is 37.8. The van der Waals surface area contributed by atoms with E-state index in [-0.39, 0.29) is 24.0 Å². The monoisotopic (exact) mass is 370 g/mol. The van der Waals surface area contributed by atoms with Crippen LogP contribution in [0.3, 0.4) is 0 Å². The summed E-state index contributed by atoms with van der Waals surface area (Å²) in [6, 6.07) is 3.75. The zero-order valence-corrected chi connectivity index (χ0v) is 14.3. The van der Waals surface area contributed by atoms with Gasteiger partial charge >= 0.3 is 0 Å². The number of carbonyl (C=O) groups is 1. The fourth-order valence-corrected chi connectivity index (χ4v) is 2.61. The molecule has 1 rings (SSSR count). The van der Waals surface area contributed by atoms with Crippen LogP contribution in [-0.4, -0.2) is 24.6 Å². The topological polar surface area (TPSA) is 55.1 Å². The zero-order valence-electron chi connectivity index (χ0n) is 12.7. The van der Waals surface area contributed by atoms with Crippen molar-refractivity contribution in [1.82, 2.24) is 0 Å². The zero-order chi connectivity index (χ0) is 16.4. The standard InChI is InChI=1S/C15H21F3N2OS.ClH/c16-11-6-7-13(22-10-14(17)18)12(9-11)20-15(21)5-3-1-2-4-8-19;/h6-7,9,14H,1-5,8,10,19H2,(H,20,21);1H. The third-order valence-corrected chi connectivity index (χ3v) is 4.02. The predicted molar refractivity (Wildman–Crippen MR) is 91.1 cm³/mol. The number of hydrogen-bond donors (Lipinski definition) is 2. The highest BCUT2D eigenvalue weighted by atomic mass is 35.5. The Labute approximate surface area is 145 Å². The van der Waals surface area contributed by atoms with Crippen LogP contribution in [0.15, 0.2) is 23.1 Å². The number of nitrogens with two attached hydrogens (primary N) is 1. The fraction of sp³-hybridized carbons (Fsp3) is 0.533. The fourth-order valence-electron chi connectivity index (χ4n) is 1.87. The number of nitrogens with one attached hydrogen (secondary N) is 1. The third-order valence-electron chi connectivity index (χ3n) is 2.94. The number of hydrogen-bond acceptors (Lipinski definition) is 3. The van der Waals surface area contributed by atoms with Gasteiger partial charge in [-0.15, -0.1) is 24.2 Å². The van der Waals surface area contributed by atoms with Gasteiger partial charge in [0.1, 0.15) is 5.82 Å². The van der Waals surface area contributed by atoms with Gasteiger partial charge in [-0.05, 0) is 37.6 Å². The number of thioether (sulfide) groups is 1. The van der Waals surface area contributed by atoms with Crippen LogP contribution in [0.2, 0.25) is 0 Å². The lowest BCUT2D eigenvalue weighted by atomic mass is 10.1. The van der Waals surface area contributed by atoms with Crippen LogP contribution in [0.25, 0.3) is 0 Å². The molecule has 0 saturated heterocycles. The Balaban J connectivity index is 0.00000484. The van der Waals surface area contributed by atoms with Gasteiger partial charge in [0.25, 0.3) is 0 Å². The van der Waals surface area contributed by atoms with Gasteiger partial charge in [0.15, 0.2) is 0 Å². The molecule has 3 nitrogen and oxygen atoms in total. The molecular weight excluding hydrogens is 349 g/mol. The van der Waals surface area contributed by atoms with Gasteiger partial charge in [-0.1, -0.05) is 12.8 Å². The Kier molecular flexibility index (Phi) is 12.0. The van der Waals surface area contributed by atoms with E-state index in [1.807, 2.05) is 0 Å². The Morgan fingerprint density at radius 3 is 2.57 bits per heavy atom. The first-order valence-electron chi connectivity index (χ1n) is 7.23. The van der Waals surface area contributed by atoms with Crippen molar-refractivity contribution >= 4 is 35.8 Å². The van der Waals surface area contributed by atoms with Crippen molar-refractivity contribution in [2.45, 2.75) is 43.4 Å². The van der Waals surface area contributed by atoms with Crippen molar-refractivity contribution in [2.24, 2.45) is 5.73 Å². The predicted octanol–water partition coefficient (Wildman–Crippen LogP) is 4.45. The molecule has 0 aliphatic rings. The maximum absolute atomic E-state index is 13.3. The van der Waals surface area contributed by atoms with Gasteiger partial charge in [0, 0.05) is 11.3 Å². The Bertz CT molecular complexity index is 478. The van der Waals surface area contributed by atoms with Crippen LogP contribution in [-0.2, 0) is 4.79 Å². The average molecular weight is 371 g/mol. The molecule has 1 aromatic rings. The highest BCUT2D eigenvalue weighted by molar-refractivity contribution is 7.99. The first-order valence-corrected chi connectivity index (χ1v) is 8.22. The molecule has 8 heteroatoms. The second-order valence-corrected chi connectivity index (χ2v) is 5.91. The van der Waals surface area contributed by atoms with Gasteiger partial charge in [0.2, 0.25) is 12.3 Å². The minimum Gasteiger partial charge on any atom is -0.330 e. The number of rotatable bonds is 10. The van der Waals surface area contributed by atoms with E-state index in [4.69, 9.17) is 5.73 Å². The number of halogens is 4. The van der Waals surface area contributed by atoms with Crippen LogP contribution in [0.4, 0.5) is 18.9 Å². The number of amides is 1. The van der Waals surface area contributed by atoms with Gasteiger partial charge in [-0.3, -0.25) is 4.79 Å². The molecule has 23 heavy (non-hydrogen) atoms. The SMILES string of the molecule is Cl.NCCCCCCC(=O)Nc1cc(F)ccc1SCC(F)F. The number of anilines is 1. The molecule has 0 radical (unpaired) electrons. The van der Waals surface area contributed by atoms with Crippen LogP contribution in [0, 0.1) is 5.82 Å². The van der Waals surface area contributed by atoms with E-state index < -0.39 is 18.0 Å². The maximum atomic E-state index is 13.3. The average Bonchev–Trinajstić information content (AvgIpc) is 2.46. The lowest BCUT2D eigenvalue weighted by Gasteiger charge is -2.11. The van der Waals surface area contributed by atoms with Crippen molar-refractivity contribution in [1.29, 1.82) is 0 Å². The largest absolute Gasteiger partial charge is 0.330 e. The summed E-state index contributed by atoms with van der Waals surface area (Å²) in [6.07, 6.45) is 1.39. The summed E-state index contributed by atoms with van der Waals surface area (Å²) >= 11 is 0.896. The molecule has 0 spiro atoms. The molecule has 0 aliphatic heterocycles. The summed E-state index contributed by atoms with van der Waals surface area (Å²) in [4.78, 5) is 12.3. The van der Waals surface area contributed by atoms with Crippen LogP contribution in [0.5, 0.6) is 0 Å². The van der Waals surface area contributed by atoms with Crippen molar-refractivity contribution in [3.63, 3.8) is 0 Å². The molecule has 1 amide bonds. The van der Waals surface area contributed by atoms with Gasteiger partial charge < -0.3 is 11.1 Å². The van der Waals surface area contributed by atoms with Crippen molar-refractivity contribution in [3.8, 4) is 0 Å². The van der Waals surface area contributed by atoms with Crippen molar-refractivity contribution < 1.29 is 18.0 Å². The van der Waals surface area contributed by atoms with Crippen LogP contribution < -0.4 is 11.1 Å². The summed E-state index contributed by atoms with van der Waals surface area (Å²) in [7, 11) is 0. The molecule has 0 atom stereocenters. The number of alkyl halides is 2. The molecule has 0 unspecified atom stereocenters. The molecule has 0 bridgehead atoms. The first kappa shape index (κ1) is 22.1. The van der Waals surface area contributed by atoms with E-state index in [2.05, 4.69) is 5.32 Å². The lowest BCUT2D eigenvalue weighted by molar-refractivity contribution is -0.116. The third kappa shape index (κ3) is 9.73. The molecule has 0 saturated carbocycles. The van der Waals surface area contributed by atoms with E-state index in [9.17, 15) is 18.0 Å². The number of unbranched alkanes of at least 4 members (excludes halogenated alkanes) is 3. The smallest absolute Gasteiger partial charge is 0.247 e. The van der Waals surface area contributed by atoms with E-state index in [0.717, 1.165) is 43.5 Å². The summed E-state index contributed by atoms with van der Waals surface area (Å²) in [5.74, 6) is -1.15. The van der Waals surface area contributed by atoms with Crippen molar-refractivity contribution in [3.05, 3.63) is 24.0 Å². The highest BCUT2D eigenvalue weighted by Gasteiger charge is 2.11. The summed E-state index contributed by atoms with van der Waals surface area (Å²) in [5.41, 5.74) is 5.63. The minimum atomic E-state index is -2.46. The molecule has 0 heterocycles. The van der Waals surface area contributed by atoms with E-state index in [0.29, 0.717) is 17.9 Å². The van der Waals surface area contributed by atoms with E-state index in [1.165, 1.54) is 12.1 Å². The molecule has 0 aliphatic carbocycles. The lowest BCUT2D eigenvalue weighted by Crippen LogP contribution is -2.12. The molecule has 132 valence electrons. The van der Waals surface area contributed by atoms with Gasteiger partial charge in [-0.2, -0.15) is 0 Å². The molecule has 1 aromatic carbocycles. The van der Waals surface area contributed by atoms with Crippen LogP contribution in [0.1, 0.15) is 32.1 Å². The Hall–Kier alpha value is -0.920. The molecule has 0 aromatic heterocycles. The minimum absolute atomic E-state index is 0. The second kappa shape index (κ2) is 12.5. The Morgan fingerprint density at radius 1 is 1.22 bits per heavy atom. The Morgan fingerprint density at radius 2 is 1.91 bits per heavy atom. The van der Waals surface area contributed by atoms with Gasteiger partial charge in [0.05, 0.1) is 11.4 Å². The molecule has 0 fully saturated rings. The summed E-state index contributed by atoms with van der Waals surface area (Å²) in [5, 5.41) is 2.60. The van der Waals surface area contributed by atoms with Crippen molar-refractivity contribution in [2.75, 3.05) is 17.6 Å². The second-order valence-electron chi connectivity index (χ2n) is 4.84. The maximum Gasteiger partial charge on any atom is 0.247 e. The van der Waals surface area contributed by atoms with E-state index in [1.54, 1.807) is 0 Å². The number of carbonyl (C=O) groups excluding carboxylic acids is 1. The molecule has 3 N–H and O–H groups in total. The first-order chi connectivity index (χ1) is 10.5. The van der Waals surface area contributed by atoms with Gasteiger partial charge in [-0.25, -0.2) is 13.2 Å². The normalized spacial score (nSPS) is 10.5. The number of benzene rings is 1.